The first kappa shape index (κ1) is 20.1. The molecule has 2 aromatic rings. The highest BCUT2D eigenvalue weighted by molar-refractivity contribution is 6.33. The molecule has 3 rings (SSSR count). The quantitative estimate of drug-likeness (QED) is 0.784. The van der Waals surface area contributed by atoms with Crippen LogP contribution in [0.4, 0.5) is 4.39 Å². The Bertz CT molecular complexity index is 895. The molecule has 7 heteroatoms. The number of amides is 2. The monoisotopic (exact) mass is 404 g/mol. The summed E-state index contributed by atoms with van der Waals surface area (Å²) in [7, 11) is 0. The number of halogens is 2. The number of carbonyl (C=O) groups is 2. The van der Waals surface area contributed by atoms with E-state index in [2.05, 4.69) is 0 Å². The summed E-state index contributed by atoms with van der Waals surface area (Å²) < 4.78 is 18.8. The number of hydrogen-bond acceptors (Lipinski definition) is 3. The molecule has 0 spiro atoms. The van der Waals surface area contributed by atoms with Crippen molar-refractivity contribution in [2.75, 3.05) is 32.8 Å². The van der Waals surface area contributed by atoms with E-state index >= 15 is 0 Å². The van der Waals surface area contributed by atoms with Gasteiger partial charge in [-0.15, -0.1) is 0 Å². The van der Waals surface area contributed by atoms with Gasteiger partial charge in [-0.25, -0.2) is 4.39 Å². The van der Waals surface area contributed by atoms with Crippen LogP contribution in [0.1, 0.15) is 21.5 Å². The summed E-state index contributed by atoms with van der Waals surface area (Å²) in [5.41, 5.74) is 2.31. The van der Waals surface area contributed by atoms with Crippen LogP contribution < -0.4 is 4.74 Å². The zero-order chi connectivity index (χ0) is 20.3. The molecule has 1 heterocycles. The second kappa shape index (κ2) is 8.61. The van der Waals surface area contributed by atoms with Crippen LogP contribution in [-0.4, -0.2) is 54.4 Å². The number of rotatable bonds is 4. The Morgan fingerprint density at radius 1 is 1.04 bits per heavy atom. The van der Waals surface area contributed by atoms with Gasteiger partial charge in [0.2, 0.25) is 0 Å². The average Bonchev–Trinajstić information content (AvgIpc) is 2.68. The van der Waals surface area contributed by atoms with Gasteiger partial charge in [0, 0.05) is 26.2 Å². The molecule has 0 aromatic heterocycles. The zero-order valence-corrected chi connectivity index (χ0v) is 16.6. The summed E-state index contributed by atoms with van der Waals surface area (Å²) in [6, 6.07) is 9.58. The van der Waals surface area contributed by atoms with Crippen molar-refractivity contribution in [1.29, 1.82) is 0 Å². The lowest BCUT2D eigenvalue weighted by molar-refractivity contribution is -0.134. The maximum Gasteiger partial charge on any atom is 0.260 e. The van der Waals surface area contributed by atoms with Crippen molar-refractivity contribution in [1.82, 2.24) is 9.80 Å². The van der Waals surface area contributed by atoms with E-state index in [4.69, 9.17) is 16.3 Å². The molecule has 0 unspecified atom stereocenters. The van der Waals surface area contributed by atoms with Crippen molar-refractivity contribution in [3.63, 3.8) is 0 Å². The van der Waals surface area contributed by atoms with Gasteiger partial charge in [-0.3, -0.25) is 9.59 Å². The lowest BCUT2D eigenvalue weighted by atomic mass is 10.1. The van der Waals surface area contributed by atoms with Crippen molar-refractivity contribution in [2.45, 2.75) is 13.8 Å². The Balaban J connectivity index is 1.53. The Kier molecular flexibility index (Phi) is 6.19. The van der Waals surface area contributed by atoms with E-state index < -0.39 is 5.82 Å². The smallest absolute Gasteiger partial charge is 0.260 e. The highest BCUT2D eigenvalue weighted by atomic mass is 35.5. The fourth-order valence-electron chi connectivity index (χ4n) is 3.09. The molecule has 5 nitrogen and oxygen atoms in total. The van der Waals surface area contributed by atoms with Crippen molar-refractivity contribution in [3.8, 4) is 5.75 Å². The first-order valence-corrected chi connectivity index (χ1v) is 9.45. The molecule has 1 fully saturated rings. The number of benzene rings is 2. The molecule has 2 amide bonds. The Morgan fingerprint density at radius 3 is 2.39 bits per heavy atom. The predicted molar refractivity (Wildman–Crippen MR) is 105 cm³/mol. The molecule has 0 atom stereocenters. The molecule has 1 aliphatic heterocycles. The van der Waals surface area contributed by atoms with Gasteiger partial charge in [-0.05, 0) is 49.2 Å². The van der Waals surface area contributed by atoms with Crippen LogP contribution in [0, 0.1) is 19.7 Å². The summed E-state index contributed by atoms with van der Waals surface area (Å²) >= 11 is 5.98. The van der Waals surface area contributed by atoms with Crippen LogP contribution in [0.2, 0.25) is 5.02 Å². The Hall–Kier alpha value is -2.60. The van der Waals surface area contributed by atoms with Gasteiger partial charge in [0.25, 0.3) is 11.8 Å². The highest BCUT2D eigenvalue weighted by Gasteiger charge is 2.26. The summed E-state index contributed by atoms with van der Waals surface area (Å²) in [4.78, 5) is 28.3. The fraction of sp³-hybridized carbons (Fsp3) is 0.333. The molecule has 0 radical (unpaired) electrons. The maximum atomic E-state index is 13.2. The van der Waals surface area contributed by atoms with E-state index in [1.54, 1.807) is 9.80 Å². The van der Waals surface area contributed by atoms with Crippen molar-refractivity contribution < 1.29 is 18.7 Å². The third-order valence-corrected chi connectivity index (χ3v) is 5.09. The van der Waals surface area contributed by atoms with Gasteiger partial charge in [0.05, 0.1) is 10.6 Å². The third kappa shape index (κ3) is 4.62. The first-order chi connectivity index (χ1) is 13.3. The minimum atomic E-state index is -0.485. The number of carbonyl (C=O) groups excluding carboxylic acids is 2. The summed E-state index contributed by atoms with van der Waals surface area (Å²) in [5, 5.41) is 0.0884. The molecule has 148 valence electrons. The third-order valence-electron chi connectivity index (χ3n) is 4.78. The SMILES string of the molecule is Cc1ccc(C)c(OCC(=O)N2CCN(C(=O)c3ccc(F)cc3Cl)CC2)c1. The molecule has 0 saturated carbocycles. The number of ether oxygens (including phenoxy) is 1. The second-order valence-corrected chi connectivity index (χ2v) is 7.26. The number of piperazine rings is 1. The first-order valence-electron chi connectivity index (χ1n) is 9.07. The second-order valence-electron chi connectivity index (χ2n) is 6.85. The minimum Gasteiger partial charge on any atom is -0.483 e. The van der Waals surface area contributed by atoms with E-state index in [0.29, 0.717) is 31.9 Å². The van der Waals surface area contributed by atoms with E-state index in [1.165, 1.54) is 12.1 Å². The lowest BCUT2D eigenvalue weighted by Crippen LogP contribution is -2.51. The molecule has 0 N–H and O–H groups in total. The van der Waals surface area contributed by atoms with Gasteiger partial charge in [0.15, 0.2) is 6.61 Å². The summed E-state index contributed by atoms with van der Waals surface area (Å²) in [6.07, 6.45) is 0. The van der Waals surface area contributed by atoms with Gasteiger partial charge < -0.3 is 14.5 Å². The number of aryl methyl sites for hydroxylation is 2. The topological polar surface area (TPSA) is 49.9 Å². The van der Waals surface area contributed by atoms with Crippen molar-refractivity contribution in [2.24, 2.45) is 0 Å². The normalized spacial score (nSPS) is 14.1. The van der Waals surface area contributed by atoms with Gasteiger partial charge in [-0.2, -0.15) is 0 Å². The van der Waals surface area contributed by atoms with Gasteiger partial charge >= 0.3 is 0 Å². The standard InChI is InChI=1S/C21H22ClFN2O3/c1-14-3-4-15(2)19(11-14)28-13-20(26)24-7-9-25(10-8-24)21(27)17-6-5-16(23)12-18(17)22/h3-6,11-12H,7-10,13H2,1-2H3. The molecule has 28 heavy (non-hydrogen) atoms. The largest absolute Gasteiger partial charge is 0.483 e. The van der Waals surface area contributed by atoms with Crippen LogP contribution in [-0.2, 0) is 4.79 Å². The zero-order valence-electron chi connectivity index (χ0n) is 15.9. The lowest BCUT2D eigenvalue weighted by Gasteiger charge is -2.35. The Labute approximate surface area is 168 Å². The molecular weight excluding hydrogens is 383 g/mol. The van der Waals surface area contributed by atoms with Crippen molar-refractivity contribution >= 4 is 23.4 Å². The average molecular weight is 405 g/mol. The van der Waals surface area contributed by atoms with Crippen LogP contribution in [0.25, 0.3) is 0 Å². The van der Waals surface area contributed by atoms with Crippen LogP contribution >= 0.6 is 11.6 Å². The van der Waals surface area contributed by atoms with Gasteiger partial charge in [0.1, 0.15) is 11.6 Å². The van der Waals surface area contributed by atoms with E-state index in [0.717, 1.165) is 17.2 Å². The highest BCUT2D eigenvalue weighted by Crippen LogP contribution is 2.21. The van der Waals surface area contributed by atoms with E-state index in [9.17, 15) is 14.0 Å². The number of nitrogens with zero attached hydrogens (tertiary/aromatic N) is 2. The number of hydrogen-bond donors (Lipinski definition) is 0. The minimum absolute atomic E-state index is 0.0397. The molecule has 1 aliphatic rings. The fourth-order valence-corrected chi connectivity index (χ4v) is 3.33. The van der Waals surface area contributed by atoms with Crippen LogP contribution in [0.15, 0.2) is 36.4 Å². The van der Waals surface area contributed by atoms with Gasteiger partial charge in [-0.1, -0.05) is 23.7 Å². The van der Waals surface area contributed by atoms with E-state index in [1.807, 2.05) is 32.0 Å². The molecule has 0 bridgehead atoms. The van der Waals surface area contributed by atoms with Crippen molar-refractivity contribution in [3.05, 3.63) is 63.9 Å². The van der Waals surface area contributed by atoms with Crippen LogP contribution in [0.5, 0.6) is 5.75 Å². The van der Waals surface area contributed by atoms with E-state index in [-0.39, 0.29) is 29.0 Å². The molecular formula is C21H22ClFN2O3. The molecule has 0 aliphatic carbocycles. The van der Waals surface area contributed by atoms with Crippen LogP contribution in [0.3, 0.4) is 0 Å². The predicted octanol–water partition coefficient (Wildman–Crippen LogP) is 3.46. The molecule has 2 aromatic carbocycles. The summed E-state index contributed by atoms with van der Waals surface area (Å²) in [6.45, 7) is 5.48. The maximum absolute atomic E-state index is 13.2. The Morgan fingerprint density at radius 2 is 1.71 bits per heavy atom. The molecule has 1 saturated heterocycles. The summed E-state index contributed by atoms with van der Waals surface area (Å²) in [5.74, 6) is -0.162.